The molecule has 8 nitrogen and oxygen atoms in total. The lowest BCUT2D eigenvalue weighted by Gasteiger charge is -2.55. The first kappa shape index (κ1) is 23.9. The van der Waals surface area contributed by atoms with E-state index in [0.29, 0.717) is 6.54 Å². The standard InChI is InChI=1S/C28H31N5O3/c1-2-17-30-20-25(34)32-24(33(30)28(36)29-18-21-11-5-3-6-12-21)19-31(23-15-9-10-16-23)27(35)26(32)22-13-7-4-8-14-22/h1,3-8,11-14,23-24,26H,9-10,15-20H2,(H,29,36)/t24-,26-/m0/s1. The van der Waals surface area contributed by atoms with Crippen molar-refractivity contribution >= 4 is 17.8 Å². The summed E-state index contributed by atoms with van der Waals surface area (Å²) in [4.78, 5) is 44.5. The van der Waals surface area contributed by atoms with Gasteiger partial charge in [-0.1, -0.05) is 79.4 Å². The Morgan fingerprint density at radius 1 is 1.00 bits per heavy atom. The Kier molecular flexibility index (Phi) is 6.92. The molecule has 5 rings (SSSR count). The molecule has 2 atom stereocenters. The number of hydrogen-bond acceptors (Lipinski definition) is 4. The highest BCUT2D eigenvalue weighted by Crippen LogP contribution is 2.37. The fraction of sp³-hybridized carbons (Fsp3) is 0.393. The van der Waals surface area contributed by atoms with Gasteiger partial charge >= 0.3 is 6.03 Å². The van der Waals surface area contributed by atoms with Gasteiger partial charge in [-0.2, -0.15) is 5.01 Å². The summed E-state index contributed by atoms with van der Waals surface area (Å²) >= 11 is 0. The van der Waals surface area contributed by atoms with Crippen molar-refractivity contribution in [2.45, 2.75) is 50.5 Å². The van der Waals surface area contributed by atoms with E-state index in [-0.39, 0.29) is 43.5 Å². The average Bonchev–Trinajstić information content (AvgIpc) is 3.43. The molecule has 0 radical (unpaired) electrons. The zero-order chi connectivity index (χ0) is 25.1. The number of rotatable bonds is 5. The molecule has 2 heterocycles. The van der Waals surface area contributed by atoms with Crippen molar-refractivity contribution in [3.8, 4) is 12.3 Å². The molecule has 2 aliphatic heterocycles. The monoisotopic (exact) mass is 485 g/mol. The molecular weight excluding hydrogens is 454 g/mol. The number of benzene rings is 2. The van der Waals surface area contributed by atoms with Gasteiger partial charge in [0.15, 0.2) is 0 Å². The molecule has 1 saturated carbocycles. The van der Waals surface area contributed by atoms with Gasteiger partial charge in [0.1, 0.15) is 12.2 Å². The van der Waals surface area contributed by atoms with Crippen LogP contribution in [0.5, 0.6) is 0 Å². The summed E-state index contributed by atoms with van der Waals surface area (Å²) in [6.45, 7) is 0.647. The van der Waals surface area contributed by atoms with E-state index in [1.807, 2.05) is 65.6 Å². The van der Waals surface area contributed by atoms with Crippen molar-refractivity contribution in [1.29, 1.82) is 0 Å². The van der Waals surface area contributed by atoms with Crippen molar-refractivity contribution in [2.24, 2.45) is 0 Å². The summed E-state index contributed by atoms with van der Waals surface area (Å²) in [5.74, 6) is 2.29. The highest BCUT2D eigenvalue weighted by molar-refractivity contribution is 5.92. The maximum Gasteiger partial charge on any atom is 0.334 e. The quantitative estimate of drug-likeness (QED) is 0.661. The summed E-state index contributed by atoms with van der Waals surface area (Å²) in [6.07, 6.45) is 8.98. The van der Waals surface area contributed by atoms with Gasteiger partial charge in [0.2, 0.25) is 11.8 Å². The van der Waals surface area contributed by atoms with Gasteiger partial charge in [-0.3, -0.25) is 9.59 Å². The van der Waals surface area contributed by atoms with Crippen LogP contribution in [0.15, 0.2) is 60.7 Å². The molecule has 186 valence electrons. The summed E-state index contributed by atoms with van der Waals surface area (Å²) in [5, 5.41) is 6.17. The van der Waals surface area contributed by atoms with Crippen LogP contribution in [0.4, 0.5) is 4.79 Å². The smallest absolute Gasteiger partial charge is 0.334 e. The molecule has 2 aromatic carbocycles. The van der Waals surface area contributed by atoms with E-state index in [4.69, 9.17) is 6.42 Å². The van der Waals surface area contributed by atoms with E-state index in [9.17, 15) is 14.4 Å². The van der Waals surface area contributed by atoms with Crippen LogP contribution in [0, 0.1) is 12.3 Å². The van der Waals surface area contributed by atoms with Gasteiger partial charge in [-0.05, 0) is 24.0 Å². The number of amides is 4. The lowest BCUT2D eigenvalue weighted by molar-refractivity contribution is -0.191. The molecule has 4 amide bonds. The number of nitrogens with one attached hydrogen (secondary N) is 1. The minimum absolute atomic E-state index is 0.0699. The fourth-order valence-electron chi connectivity index (χ4n) is 5.65. The largest absolute Gasteiger partial charge is 0.334 e. The number of carbonyl (C=O) groups is 3. The minimum Gasteiger partial charge on any atom is -0.334 e. The molecule has 3 fully saturated rings. The van der Waals surface area contributed by atoms with E-state index in [0.717, 1.165) is 36.8 Å². The first-order chi connectivity index (χ1) is 17.6. The first-order valence-corrected chi connectivity index (χ1v) is 12.5. The highest BCUT2D eigenvalue weighted by Gasteiger charge is 2.53. The van der Waals surface area contributed by atoms with Crippen LogP contribution in [0.2, 0.25) is 0 Å². The number of piperazine rings is 1. The number of terminal acetylenes is 1. The molecule has 8 heteroatoms. The van der Waals surface area contributed by atoms with Crippen LogP contribution in [-0.4, -0.2) is 69.5 Å². The van der Waals surface area contributed by atoms with Crippen LogP contribution >= 0.6 is 0 Å². The van der Waals surface area contributed by atoms with Crippen molar-refractivity contribution < 1.29 is 14.4 Å². The average molecular weight is 486 g/mol. The third-order valence-corrected chi connectivity index (χ3v) is 7.32. The van der Waals surface area contributed by atoms with Crippen LogP contribution in [0.1, 0.15) is 42.9 Å². The van der Waals surface area contributed by atoms with Gasteiger partial charge in [-0.25, -0.2) is 9.80 Å². The summed E-state index contributed by atoms with van der Waals surface area (Å²) in [5.41, 5.74) is 1.71. The normalized spacial score (nSPS) is 22.9. The molecule has 1 aliphatic carbocycles. The van der Waals surface area contributed by atoms with E-state index < -0.39 is 12.2 Å². The van der Waals surface area contributed by atoms with Crippen molar-refractivity contribution in [3.05, 3.63) is 71.8 Å². The second-order valence-electron chi connectivity index (χ2n) is 9.54. The molecule has 2 saturated heterocycles. The zero-order valence-corrected chi connectivity index (χ0v) is 20.3. The van der Waals surface area contributed by atoms with Crippen molar-refractivity contribution in [2.75, 3.05) is 19.6 Å². The first-order valence-electron chi connectivity index (χ1n) is 12.5. The molecule has 0 spiro atoms. The van der Waals surface area contributed by atoms with E-state index >= 15 is 0 Å². The second kappa shape index (κ2) is 10.4. The minimum atomic E-state index is -0.782. The molecule has 0 bridgehead atoms. The zero-order valence-electron chi connectivity index (χ0n) is 20.3. The molecule has 3 aliphatic rings. The Bertz CT molecular complexity index is 1140. The van der Waals surface area contributed by atoms with Gasteiger partial charge in [0.25, 0.3) is 0 Å². The Hall–Kier alpha value is -3.83. The Morgan fingerprint density at radius 2 is 1.67 bits per heavy atom. The van der Waals surface area contributed by atoms with Gasteiger partial charge < -0.3 is 15.1 Å². The topological polar surface area (TPSA) is 76.2 Å². The third kappa shape index (κ3) is 4.54. The van der Waals surface area contributed by atoms with Crippen LogP contribution in [-0.2, 0) is 16.1 Å². The van der Waals surface area contributed by atoms with Crippen molar-refractivity contribution in [1.82, 2.24) is 25.1 Å². The molecular formula is C28H31N5O3. The lowest BCUT2D eigenvalue weighted by Crippen LogP contribution is -2.75. The predicted octanol–water partition coefficient (Wildman–Crippen LogP) is 2.74. The number of hydrazine groups is 1. The summed E-state index contributed by atoms with van der Waals surface area (Å²) < 4.78 is 0. The maximum atomic E-state index is 13.9. The molecule has 0 unspecified atom stereocenters. The second-order valence-corrected chi connectivity index (χ2v) is 9.54. The van der Waals surface area contributed by atoms with Gasteiger partial charge in [0.05, 0.1) is 19.6 Å². The molecule has 0 aromatic heterocycles. The maximum absolute atomic E-state index is 13.9. The summed E-state index contributed by atoms with van der Waals surface area (Å²) in [7, 11) is 0. The molecule has 1 N–H and O–H groups in total. The highest BCUT2D eigenvalue weighted by atomic mass is 16.2. The van der Waals surface area contributed by atoms with E-state index in [2.05, 4.69) is 11.2 Å². The SMILES string of the molecule is C#CCN1CC(=O)N2[C@@H](c3ccccc3)C(=O)N(C3CCCC3)C[C@@H]2N1C(=O)NCc1ccccc1. The molecule has 2 aromatic rings. The number of nitrogens with zero attached hydrogens (tertiary/aromatic N) is 4. The van der Waals surface area contributed by atoms with E-state index in [1.54, 1.807) is 14.9 Å². The number of urea groups is 1. The number of fused-ring (bicyclic) bond motifs is 1. The van der Waals surface area contributed by atoms with Crippen molar-refractivity contribution in [3.63, 3.8) is 0 Å². The lowest BCUT2D eigenvalue weighted by atomic mass is 9.97. The Labute approximate surface area is 211 Å². The number of carbonyl (C=O) groups excluding carboxylic acids is 3. The van der Waals surface area contributed by atoms with Gasteiger partial charge in [0, 0.05) is 12.6 Å². The van der Waals surface area contributed by atoms with Crippen LogP contribution in [0.25, 0.3) is 0 Å². The Morgan fingerprint density at radius 3 is 2.33 bits per heavy atom. The summed E-state index contributed by atoms with van der Waals surface area (Å²) in [6, 6.07) is 18.0. The predicted molar refractivity (Wildman–Crippen MR) is 135 cm³/mol. The van der Waals surface area contributed by atoms with E-state index in [1.165, 1.54) is 0 Å². The van der Waals surface area contributed by atoms with Crippen LogP contribution in [0.3, 0.4) is 0 Å². The fourth-order valence-corrected chi connectivity index (χ4v) is 5.65. The number of hydrogen-bond donors (Lipinski definition) is 1. The van der Waals surface area contributed by atoms with Gasteiger partial charge in [-0.15, -0.1) is 6.42 Å². The Balaban J connectivity index is 1.51. The van der Waals surface area contributed by atoms with Crippen LogP contribution < -0.4 is 5.32 Å². The molecule has 36 heavy (non-hydrogen) atoms. The third-order valence-electron chi connectivity index (χ3n) is 7.32.